The van der Waals surface area contributed by atoms with Gasteiger partial charge in [0.15, 0.2) is 0 Å². The molecule has 0 aliphatic heterocycles. The summed E-state index contributed by atoms with van der Waals surface area (Å²) in [6.07, 6.45) is -0.755. The van der Waals surface area contributed by atoms with Crippen LogP contribution in [0.25, 0.3) is 0 Å². The Labute approximate surface area is 66.1 Å². The van der Waals surface area contributed by atoms with Crippen LogP contribution in [0.4, 0.5) is 4.79 Å². The number of carbonyl (C=O) groups excluding carboxylic acids is 1. The fraction of sp³-hybridized carbons (Fsp3) is 0.800. The molecule has 0 aromatic rings. The highest BCUT2D eigenvalue weighted by Crippen LogP contribution is 1.75. The Kier molecular flexibility index (Phi) is 10.4. The van der Waals surface area contributed by atoms with Crippen LogP contribution in [0.15, 0.2) is 0 Å². The van der Waals surface area contributed by atoms with Gasteiger partial charge in [0, 0.05) is 6.61 Å². The van der Waals surface area contributed by atoms with Crippen molar-refractivity contribution in [2.45, 2.75) is 6.92 Å². The molecule has 0 spiro atoms. The molecule has 62 valence electrons. The van der Waals surface area contributed by atoms with E-state index in [1.54, 1.807) is 0 Å². The Morgan fingerprint density at radius 3 is 2.50 bits per heavy atom. The van der Waals surface area contributed by atoms with Crippen LogP contribution in [-0.4, -0.2) is 25.9 Å². The van der Waals surface area contributed by atoms with Crippen molar-refractivity contribution in [2.75, 3.05) is 19.8 Å². The van der Waals surface area contributed by atoms with Crippen LogP contribution >= 0.6 is 12.4 Å². The molecule has 10 heavy (non-hydrogen) atoms. The first-order valence-electron chi connectivity index (χ1n) is 2.77. The molecule has 0 bridgehead atoms. The second-order valence-corrected chi connectivity index (χ2v) is 1.36. The molecule has 0 aliphatic rings. The molecule has 0 atom stereocenters. The molecule has 2 N–H and O–H groups in total. The Balaban J connectivity index is 0. The summed E-state index contributed by atoms with van der Waals surface area (Å²) in [6, 6.07) is 0. The molecule has 0 aromatic heterocycles. The van der Waals surface area contributed by atoms with Crippen molar-refractivity contribution in [3.05, 3.63) is 0 Å². The number of halogens is 1. The first-order chi connectivity index (χ1) is 4.27. The van der Waals surface area contributed by atoms with Crippen LogP contribution in [0.3, 0.4) is 0 Å². The van der Waals surface area contributed by atoms with Crippen LogP contribution in [0.1, 0.15) is 6.92 Å². The molecule has 0 rings (SSSR count). The van der Waals surface area contributed by atoms with Crippen molar-refractivity contribution in [3.63, 3.8) is 0 Å². The van der Waals surface area contributed by atoms with E-state index in [0.29, 0.717) is 13.2 Å². The van der Waals surface area contributed by atoms with Gasteiger partial charge < -0.3 is 15.2 Å². The van der Waals surface area contributed by atoms with E-state index >= 15 is 0 Å². The van der Waals surface area contributed by atoms with E-state index in [4.69, 9.17) is 4.74 Å². The maximum atomic E-state index is 9.91. The van der Waals surface area contributed by atoms with Crippen LogP contribution in [0.2, 0.25) is 0 Å². The fourth-order valence-electron chi connectivity index (χ4n) is 0.346. The number of nitrogens with two attached hydrogens (primary N) is 1. The van der Waals surface area contributed by atoms with E-state index in [1.165, 1.54) is 0 Å². The number of amides is 1. The standard InChI is InChI=1S/C5H11NO3.ClH/c1-2-8-3-4-9-5(6)7;/h2-4H2,1H3,(H2,6,7);1H. The van der Waals surface area contributed by atoms with Gasteiger partial charge in [-0.15, -0.1) is 12.4 Å². The van der Waals surface area contributed by atoms with Gasteiger partial charge >= 0.3 is 6.09 Å². The number of primary amides is 1. The predicted octanol–water partition coefficient (Wildman–Crippen LogP) is 0.540. The molecule has 0 fully saturated rings. The van der Waals surface area contributed by atoms with Crippen molar-refractivity contribution in [1.82, 2.24) is 0 Å². The predicted molar refractivity (Wildman–Crippen MR) is 39.3 cm³/mol. The van der Waals surface area contributed by atoms with Crippen molar-refractivity contribution in [3.8, 4) is 0 Å². The number of ether oxygens (including phenoxy) is 2. The highest BCUT2D eigenvalue weighted by Gasteiger charge is 1.90. The van der Waals surface area contributed by atoms with Crippen LogP contribution in [-0.2, 0) is 9.47 Å². The molecule has 0 radical (unpaired) electrons. The maximum Gasteiger partial charge on any atom is 0.404 e. The molecule has 5 heteroatoms. The van der Waals surface area contributed by atoms with Crippen molar-refractivity contribution >= 4 is 18.5 Å². The summed E-state index contributed by atoms with van der Waals surface area (Å²) in [6.45, 7) is 3.15. The number of rotatable bonds is 4. The van der Waals surface area contributed by atoms with Gasteiger partial charge in [0.2, 0.25) is 0 Å². The number of hydrogen-bond donors (Lipinski definition) is 1. The minimum atomic E-state index is -0.755. The zero-order chi connectivity index (χ0) is 7.11. The third-order valence-corrected chi connectivity index (χ3v) is 0.676. The molecule has 0 unspecified atom stereocenters. The van der Waals surface area contributed by atoms with E-state index in [9.17, 15) is 4.79 Å². The monoisotopic (exact) mass is 169 g/mol. The first-order valence-corrected chi connectivity index (χ1v) is 2.77. The topological polar surface area (TPSA) is 61.6 Å². The quantitative estimate of drug-likeness (QED) is 0.625. The van der Waals surface area contributed by atoms with Crippen molar-refractivity contribution in [2.24, 2.45) is 5.73 Å². The van der Waals surface area contributed by atoms with Crippen molar-refractivity contribution in [1.29, 1.82) is 0 Å². The second-order valence-electron chi connectivity index (χ2n) is 1.36. The zero-order valence-corrected chi connectivity index (χ0v) is 6.65. The Morgan fingerprint density at radius 1 is 1.50 bits per heavy atom. The minimum Gasteiger partial charge on any atom is -0.447 e. The van der Waals surface area contributed by atoms with Crippen LogP contribution in [0.5, 0.6) is 0 Å². The number of hydrogen-bond acceptors (Lipinski definition) is 3. The molecular formula is C5H12ClNO3. The zero-order valence-electron chi connectivity index (χ0n) is 5.83. The minimum absolute atomic E-state index is 0. The van der Waals surface area contributed by atoms with Gasteiger partial charge in [-0.2, -0.15) is 0 Å². The third kappa shape index (κ3) is 10.5. The van der Waals surface area contributed by atoms with Gasteiger partial charge in [0.1, 0.15) is 6.61 Å². The van der Waals surface area contributed by atoms with E-state index in [2.05, 4.69) is 10.5 Å². The summed E-state index contributed by atoms with van der Waals surface area (Å²) in [7, 11) is 0. The van der Waals surface area contributed by atoms with Gasteiger partial charge in [0.25, 0.3) is 0 Å². The fourth-order valence-corrected chi connectivity index (χ4v) is 0.346. The van der Waals surface area contributed by atoms with Crippen LogP contribution < -0.4 is 5.73 Å². The lowest BCUT2D eigenvalue weighted by Gasteiger charge is -1.99. The lowest BCUT2D eigenvalue weighted by Crippen LogP contribution is -2.16. The highest BCUT2D eigenvalue weighted by molar-refractivity contribution is 5.85. The SMILES string of the molecule is CCOCCOC(N)=O.Cl. The average molecular weight is 170 g/mol. The molecule has 0 heterocycles. The van der Waals surface area contributed by atoms with Gasteiger partial charge in [-0.05, 0) is 6.92 Å². The molecule has 1 amide bonds. The molecule has 4 nitrogen and oxygen atoms in total. The molecule has 0 saturated heterocycles. The highest BCUT2D eigenvalue weighted by atomic mass is 35.5. The summed E-state index contributed by atoms with van der Waals surface area (Å²) >= 11 is 0. The molecule has 0 aromatic carbocycles. The van der Waals surface area contributed by atoms with E-state index in [0.717, 1.165) is 0 Å². The van der Waals surface area contributed by atoms with Crippen LogP contribution in [0, 0.1) is 0 Å². The lowest BCUT2D eigenvalue weighted by atomic mass is 10.7. The molecular weight excluding hydrogens is 158 g/mol. The van der Waals surface area contributed by atoms with Gasteiger partial charge in [0.05, 0.1) is 6.61 Å². The molecule has 0 saturated carbocycles. The van der Waals surface area contributed by atoms with Crippen molar-refractivity contribution < 1.29 is 14.3 Å². The lowest BCUT2D eigenvalue weighted by molar-refractivity contribution is 0.0830. The summed E-state index contributed by atoms with van der Waals surface area (Å²) < 4.78 is 9.21. The number of carbonyl (C=O) groups is 1. The van der Waals surface area contributed by atoms with E-state index < -0.39 is 6.09 Å². The average Bonchev–Trinajstić information content (AvgIpc) is 1.80. The van der Waals surface area contributed by atoms with Gasteiger partial charge in [-0.3, -0.25) is 0 Å². The van der Waals surface area contributed by atoms with E-state index in [1.807, 2.05) is 6.92 Å². The summed E-state index contributed by atoms with van der Waals surface area (Å²) in [5, 5.41) is 0. The molecule has 0 aliphatic carbocycles. The largest absolute Gasteiger partial charge is 0.447 e. The second kappa shape index (κ2) is 8.52. The van der Waals surface area contributed by atoms with Gasteiger partial charge in [-0.1, -0.05) is 0 Å². The Bertz CT molecular complexity index is 89.0. The Morgan fingerprint density at radius 2 is 2.10 bits per heavy atom. The smallest absolute Gasteiger partial charge is 0.404 e. The Hall–Kier alpha value is -0.480. The maximum absolute atomic E-state index is 9.91. The van der Waals surface area contributed by atoms with E-state index in [-0.39, 0.29) is 19.0 Å². The van der Waals surface area contributed by atoms with Gasteiger partial charge in [-0.25, -0.2) is 4.79 Å². The summed E-state index contributed by atoms with van der Waals surface area (Å²) in [5.74, 6) is 0. The third-order valence-electron chi connectivity index (χ3n) is 0.676. The normalized spacial score (nSPS) is 8.10. The first kappa shape index (κ1) is 12.2. The summed E-state index contributed by atoms with van der Waals surface area (Å²) in [5.41, 5.74) is 4.66. The summed E-state index contributed by atoms with van der Waals surface area (Å²) in [4.78, 5) is 9.91.